The molecule has 0 saturated heterocycles. The van der Waals surface area contributed by atoms with Crippen molar-refractivity contribution < 1.29 is 19.0 Å². The molecule has 1 amide bonds. The summed E-state index contributed by atoms with van der Waals surface area (Å²) in [5, 5.41) is 13.0. The van der Waals surface area contributed by atoms with E-state index in [1.165, 1.54) is 17.8 Å². The van der Waals surface area contributed by atoms with E-state index < -0.39 is 5.91 Å². The van der Waals surface area contributed by atoms with E-state index in [4.69, 9.17) is 14.2 Å². The van der Waals surface area contributed by atoms with Crippen LogP contribution < -0.4 is 19.5 Å². The molecule has 0 aliphatic rings. The van der Waals surface area contributed by atoms with Crippen LogP contribution in [0.5, 0.6) is 17.2 Å². The zero-order chi connectivity index (χ0) is 23.5. The number of hydrogen-bond donors (Lipinski definition) is 1. The molecule has 1 N–H and O–H groups in total. The highest BCUT2D eigenvalue weighted by Gasteiger charge is 2.13. The lowest BCUT2D eigenvalue weighted by atomic mass is 10.1. The summed E-state index contributed by atoms with van der Waals surface area (Å²) in [6.45, 7) is 2.73. The van der Waals surface area contributed by atoms with Gasteiger partial charge in [-0.1, -0.05) is 36.9 Å². The number of hydrogen-bond acceptors (Lipinski definition) is 9. The van der Waals surface area contributed by atoms with E-state index in [2.05, 4.69) is 14.7 Å². The van der Waals surface area contributed by atoms with Gasteiger partial charge in [0, 0.05) is 17.6 Å². The zero-order valence-electron chi connectivity index (χ0n) is 18.1. The van der Waals surface area contributed by atoms with Gasteiger partial charge in [0.25, 0.3) is 5.91 Å². The standard InChI is InChI=1S/C23H22N4O4S2/c1-3-32-23-26-22(33-27-23)25-21(28)17(15-24)13-16-7-9-18(10-8-16)30-11-12-31-20-6-4-5-19(14-20)29-2/h4-10,13-14H,3,11-12H2,1-2H3,(H,25,26,27,28)/b17-13-. The summed E-state index contributed by atoms with van der Waals surface area (Å²) in [5.74, 6) is 2.39. The van der Waals surface area contributed by atoms with Crippen LogP contribution in [-0.2, 0) is 4.79 Å². The second-order valence-corrected chi connectivity index (χ2v) is 8.37. The second kappa shape index (κ2) is 12.5. The maximum absolute atomic E-state index is 12.4. The Labute approximate surface area is 200 Å². The third-order valence-electron chi connectivity index (χ3n) is 4.12. The number of thioether (sulfide) groups is 1. The number of methoxy groups -OCH3 is 1. The van der Waals surface area contributed by atoms with Gasteiger partial charge in [-0.15, -0.1) is 0 Å². The van der Waals surface area contributed by atoms with Gasteiger partial charge in [0.05, 0.1) is 7.11 Å². The maximum Gasteiger partial charge on any atom is 0.268 e. The highest BCUT2D eigenvalue weighted by atomic mass is 32.2. The van der Waals surface area contributed by atoms with Crippen LogP contribution in [0.25, 0.3) is 6.08 Å². The first-order chi connectivity index (χ1) is 16.1. The van der Waals surface area contributed by atoms with Crippen LogP contribution in [0.3, 0.4) is 0 Å². The number of carbonyl (C=O) groups excluding carboxylic acids is 1. The first-order valence-corrected chi connectivity index (χ1v) is 11.8. The van der Waals surface area contributed by atoms with E-state index >= 15 is 0 Å². The third-order valence-corrected chi connectivity index (χ3v) is 5.59. The number of anilines is 1. The van der Waals surface area contributed by atoms with Crippen LogP contribution in [0.15, 0.2) is 59.3 Å². The number of aromatic nitrogens is 2. The van der Waals surface area contributed by atoms with Crippen molar-refractivity contribution in [1.29, 1.82) is 5.26 Å². The summed E-state index contributed by atoms with van der Waals surface area (Å²) in [7, 11) is 1.60. The van der Waals surface area contributed by atoms with Gasteiger partial charge in [0.1, 0.15) is 42.1 Å². The Morgan fingerprint density at radius 2 is 1.88 bits per heavy atom. The van der Waals surface area contributed by atoms with Gasteiger partial charge < -0.3 is 14.2 Å². The van der Waals surface area contributed by atoms with Crippen LogP contribution in [0.1, 0.15) is 12.5 Å². The molecule has 1 aromatic heterocycles. The van der Waals surface area contributed by atoms with Crippen molar-refractivity contribution in [2.45, 2.75) is 12.1 Å². The highest BCUT2D eigenvalue weighted by Crippen LogP contribution is 2.21. The summed E-state index contributed by atoms with van der Waals surface area (Å²) in [4.78, 5) is 16.6. The van der Waals surface area contributed by atoms with Gasteiger partial charge in [-0.2, -0.15) is 14.6 Å². The normalized spacial score (nSPS) is 10.9. The molecule has 2 aromatic carbocycles. The first kappa shape index (κ1) is 24.1. The van der Waals surface area contributed by atoms with Crippen molar-refractivity contribution in [3.63, 3.8) is 0 Å². The van der Waals surface area contributed by atoms with Gasteiger partial charge in [0.2, 0.25) is 10.3 Å². The predicted octanol–water partition coefficient (Wildman–Crippen LogP) is 4.66. The molecule has 0 fully saturated rings. The number of nitrogens with zero attached hydrogens (tertiary/aromatic N) is 3. The average molecular weight is 483 g/mol. The van der Waals surface area contributed by atoms with Crippen LogP contribution in [0.2, 0.25) is 0 Å². The molecule has 3 rings (SSSR count). The van der Waals surface area contributed by atoms with Gasteiger partial charge >= 0.3 is 0 Å². The molecule has 0 aliphatic heterocycles. The van der Waals surface area contributed by atoms with Crippen molar-refractivity contribution >= 4 is 40.4 Å². The largest absolute Gasteiger partial charge is 0.497 e. The van der Waals surface area contributed by atoms with E-state index in [9.17, 15) is 10.1 Å². The number of ether oxygens (including phenoxy) is 3. The molecule has 3 aromatic rings. The summed E-state index contributed by atoms with van der Waals surface area (Å²) in [6, 6.07) is 16.3. The van der Waals surface area contributed by atoms with E-state index in [0.717, 1.165) is 23.0 Å². The molecular weight excluding hydrogens is 460 g/mol. The monoisotopic (exact) mass is 482 g/mol. The summed E-state index contributed by atoms with van der Waals surface area (Å²) in [5.41, 5.74) is 0.663. The van der Waals surface area contributed by atoms with Crippen molar-refractivity contribution in [1.82, 2.24) is 9.36 Å². The Morgan fingerprint density at radius 3 is 2.58 bits per heavy atom. The fourth-order valence-corrected chi connectivity index (χ4v) is 3.86. The molecule has 1 heterocycles. The van der Waals surface area contributed by atoms with E-state index in [1.807, 2.05) is 31.2 Å². The quantitative estimate of drug-likeness (QED) is 0.182. The zero-order valence-corrected chi connectivity index (χ0v) is 19.7. The van der Waals surface area contributed by atoms with Crippen molar-refractivity contribution in [3.05, 3.63) is 59.7 Å². The molecule has 0 unspecified atom stereocenters. The lowest BCUT2D eigenvalue weighted by Crippen LogP contribution is -2.13. The molecule has 0 aliphatic carbocycles. The van der Waals surface area contributed by atoms with Gasteiger partial charge in [-0.05, 0) is 41.7 Å². The number of nitrogens with one attached hydrogen (secondary N) is 1. The van der Waals surface area contributed by atoms with Crippen LogP contribution in [0, 0.1) is 11.3 Å². The SMILES string of the molecule is CCSc1nsc(NC(=O)/C(C#N)=C\c2ccc(OCCOc3cccc(OC)c3)cc2)n1. The molecule has 0 saturated carbocycles. The highest BCUT2D eigenvalue weighted by molar-refractivity contribution is 7.99. The maximum atomic E-state index is 12.4. The molecule has 170 valence electrons. The molecule has 0 radical (unpaired) electrons. The Hall–Kier alpha value is -3.55. The number of benzene rings is 2. The minimum absolute atomic E-state index is 0.0322. The minimum atomic E-state index is -0.531. The molecule has 33 heavy (non-hydrogen) atoms. The predicted molar refractivity (Wildman–Crippen MR) is 129 cm³/mol. The molecule has 10 heteroatoms. The molecule has 8 nitrogen and oxygen atoms in total. The summed E-state index contributed by atoms with van der Waals surface area (Å²) in [6.07, 6.45) is 1.51. The smallest absolute Gasteiger partial charge is 0.268 e. The van der Waals surface area contributed by atoms with Gasteiger partial charge in [0.15, 0.2) is 0 Å². The van der Waals surface area contributed by atoms with Crippen LogP contribution in [0.4, 0.5) is 5.13 Å². The van der Waals surface area contributed by atoms with Gasteiger partial charge in [-0.3, -0.25) is 10.1 Å². The van der Waals surface area contributed by atoms with Crippen molar-refractivity contribution in [2.24, 2.45) is 0 Å². The first-order valence-electron chi connectivity index (χ1n) is 10.0. The Bertz CT molecular complexity index is 1140. The Kier molecular flexibility index (Phi) is 9.11. The van der Waals surface area contributed by atoms with E-state index in [0.29, 0.717) is 40.6 Å². The number of rotatable bonds is 11. The third kappa shape index (κ3) is 7.52. The average Bonchev–Trinajstić information content (AvgIpc) is 3.28. The lowest BCUT2D eigenvalue weighted by molar-refractivity contribution is -0.112. The number of amides is 1. The summed E-state index contributed by atoms with van der Waals surface area (Å²) < 4.78 is 20.6. The van der Waals surface area contributed by atoms with E-state index in [1.54, 1.807) is 37.4 Å². The number of carbonyl (C=O) groups is 1. The van der Waals surface area contributed by atoms with E-state index in [-0.39, 0.29) is 5.57 Å². The number of nitriles is 1. The Balaban J connectivity index is 1.51. The minimum Gasteiger partial charge on any atom is -0.497 e. The van der Waals surface area contributed by atoms with Crippen molar-refractivity contribution in [3.8, 4) is 23.3 Å². The Morgan fingerprint density at radius 1 is 1.15 bits per heavy atom. The topological polar surface area (TPSA) is 106 Å². The summed E-state index contributed by atoms with van der Waals surface area (Å²) >= 11 is 2.56. The molecule has 0 bridgehead atoms. The molecule has 0 atom stereocenters. The van der Waals surface area contributed by atoms with Crippen LogP contribution in [-0.4, -0.2) is 41.3 Å². The molecular formula is C23H22N4O4S2. The fourth-order valence-electron chi connectivity index (χ4n) is 2.60. The molecule has 0 spiro atoms. The van der Waals surface area contributed by atoms with Crippen LogP contribution >= 0.6 is 23.3 Å². The fraction of sp³-hybridized carbons (Fsp3) is 0.217. The van der Waals surface area contributed by atoms with Gasteiger partial charge in [-0.25, -0.2) is 0 Å². The second-order valence-electron chi connectivity index (χ2n) is 6.38. The van der Waals surface area contributed by atoms with Crippen molar-refractivity contribution in [2.75, 3.05) is 31.4 Å². The lowest BCUT2D eigenvalue weighted by Gasteiger charge is -2.09.